The molecular weight excluding hydrogens is 238 g/mol. The summed E-state index contributed by atoms with van der Waals surface area (Å²) < 4.78 is 5.23. The van der Waals surface area contributed by atoms with E-state index in [1.807, 2.05) is 12.1 Å². The second kappa shape index (κ2) is 7.48. The third kappa shape index (κ3) is 4.49. The van der Waals surface area contributed by atoms with Gasteiger partial charge in [-0.1, -0.05) is 12.1 Å². The zero-order valence-corrected chi connectivity index (χ0v) is 12.0. The molecular formula is C15H25N3O. The molecule has 2 N–H and O–H groups in total. The number of hydrogen-bond donors (Lipinski definition) is 2. The van der Waals surface area contributed by atoms with Crippen LogP contribution in [-0.4, -0.2) is 51.3 Å². The van der Waals surface area contributed by atoms with Crippen LogP contribution in [0.3, 0.4) is 0 Å². The van der Waals surface area contributed by atoms with Crippen molar-refractivity contribution in [3.63, 3.8) is 0 Å². The van der Waals surface area contributed by atoms with Crippen LogP contribution in [0.4, 0.5) is 0 Å². The molecule has 4 nitrogen and oxygen atoms in total. The van der Waals surface area contributed by atoms with Gasteiger partial charge in [0.1, 0.15) is 5.75 Å². The number of hydrogen-bond acceptors (Lipinski definition) is 4. The van der Waals surface area contributed by atoms with Gasteiger partial charge in [0.05, 0.1) is 7.11 Å². The molecule has 0 bridgehead atoms. The van der Waals surface area contributed by atoms with Gasteiger partial charge in [-0.2, -0.15) is 0 Å². The average molecular weight is 263 g/mol. The summed E-state index contributed by atoms with van der Waals surface area (Å²) in [6.07, 6.45) is 1.19. The minimum Gasteiger partial charge on any atom is -0.497 e. The Morgan fingerprint density at radius 3 is 3.16 bits per heavy atom. The van der Waals surface area contributed by atoms with Crippen molar-refractivity contribution in [2.75, 3.05) is 40.3 Å². The molecule has 0 radical (unpaired) electrons. The first kappa shape index (κ1) is 14.3. The molecule has 4 heteroatoms. The summed E-state index contributed by atoms with van der Waals surface area (Å²) in [6.45, 7) is 5.33. The molecule has 1 heterocycles. The first-order valence-corrected chi connectivity index (χ1v) is 7.04. The highest BCUT2D eigenvalue weighted by Crippen LogP contribution is 2.12. The summed E-state index contributed by atoms with van der Waals surface area (Å²) in [4.78, 5) is 2.45. The predicted molar refractivity (Wildman–Crippen MR) is 78.6 cm³/mol. The lowest BCUT2D eigenvalue weighted by Crippen LogP contribution is -2.50. The van der Waals surface area contributed by atoms with Crippen molar-refractivity contribution in [1.29, 1.82) is 0 Å². The molecule has 1 atom stereocenters. The number of nitrogens with one attached hydrogen (secondary N) is 2. The van der Waals surface area contributed by atoms with Crippen LogP contribution < -0.4 is 15.4 Å². The zero-order chi connectivity index (χ0) is 13.5. The first-order valence-electron chi connectivity index (χ1n) is 7.04. The second-order valence-electron chi connectivity index (χ2n) is 5.16. The van der Waals surface area contributed by atoms with Crippen molar-refractivity contribution in [3.8, 4) is 5.75 Å². The lowest BCUT2D eigenvalue weighted by Gasteiger charge is -2.33. The van der Waals surface area contributed by atoms with Crippen LogP contribution in [0.5, 0.6) is 5.75 Å². The van der Waals surface area contributed by atoms with E-state index in [4.69, 9.17) is 4.74 Å². The van der Waals surface area contributed by atoms with E-state index in [9.17, 15) is 0 Å². The van der Waals surface area contributed by atoms with E-state index in [0.29, 0.717) is 6.04 Å². The quantitative estimate of drug-likeness (QED) is 0.753. The highest BCUT2D eigenvalue weighted by atomic mass is 16.5. The van der Waals surface area contributed by atoms with E-state index >= 15 is 0 Å². The molecule has 106 valence electrons. The molecule has 1 aromatic rings. The highest BCUT2D eigenvalue weighted by Gasteiger charge is 2.17. The maximum absolute atomic E-state index is 5.23. The van der Waals surface area contributed by atoms with Gasteiger partial charge in [-0.15, -0.1) is 0 Å². The summed E-state index contributed by atoms with van der Waals surface area (Å²) in [5.41, 5.74) is 1.27. The molecule has 1 fully saturated rings. The average Bonchev–Trinajstić information content (AvgIpc) is 2.45. The molecule has 19 heavy (non-hydrogen) atoms. The smallest absolute Gasteiger partial charge is 0.119 e. The molecule has 0 spiro atoms. The Hall–Kier alpha value is -1.10. The number of ether oxygens (including phenoxy) is 1. The third-order valence-corrected chi connectivity index (χ3v) is 3.76. The Bertz CT molecular complexity index is 383. The molecule has 0 saturated carbocycles. The van der Waals surface area contributed by atoms with Crippen LogP contribution in [0.2, 0.25) is 0 Å². The fraction of sp³-hybridized carbons (Fsp3) is 0.600. The Morgan fingerprint density at radius 1 is 1.47 bits per heavy atom. The van der Waals surface area contributed by atoms with Crippen LogP contribution in [0.1, 0.15) is 12.0 Å². The minimum absolute atomic E-state index is 0.659. The van der Waals surface area contributed by atoms with Gasteiger partial charge in [-0.3, -0.25) is 0 Å². The van der Waals surface area contributed by atoms with Gasteiger partial charge < -0.3 is 20.3 Å². The highest BCUT2D eigenvalue weighted by molar-refractivity contribution is 5.28. The van der Waals surface area contributed by atoms with Crippen molar-refractivity contribution in [1.82, 2.24) is 15.5 Å². The minimum atomic E-state index is 0.659. The molecule has 1 saturated heterocycles. The lowest BCUT2D eigenvalue weighted by atomic mass is 10.1. The number of likely N-dealkylation sites (N-methyl/N-ethyl adjacent to an activating group) is 1. The number of nitrogens with zero attached hydrogens (tertiary/aromatic N) is 1. The van der Waals surface area contributed by atoms with Crippen LogP contribution in [0, 0.1) is 0 Å². The van der Waals surface area contributed by atoms with E-state index in [1.165, 1.54) is 12.0 Å². The Kier molecular flexibility index (Phi) is 5.63. The molecule has 1 unspecified atom stereocenters. The molecule has 0 aromatic heterocycles. The Labute approximate surface area is 116 Å². The van der Waals surface area contributed by atoms with Crippen molar-refractivity contribution >= 4 is 0 Å². The Balaban J connectivity index is 1.68. The van der Waals surface area contributed by atoms with Crippen LogP contribution in [0.15, 0.2) is 24.3 Å². The lowest BCUT2D eigenvalue weighted by molar-refractivity contribution is 0.189. The molecule has 0 amide bonds. The number of piperazine rings is 1. The molecule has 2 rings (SSSR count). The molecule has 1 aliphatic heterocycles. The van der Waals surface area contributed by atoms with Crippen molar-refractivity contribution in [2.24, 2.45) is 0 Å². The Morgan fingerprint density at radius 2 is 2.37 bits per heavy atom. The van der Waals surface area contributed by atoms with E-state index in [1.54, 1.807) is 7.11 Å². The maximum atomic E-state index is 5.23. The van der Waals surface area contributed by atoms with Gasteiger partial charge in [-0.05, 0) is 37.7 Å². The topological polar surface area (TPSA) is 36.5 Å². The van der Waals surface area contributed by atoms with Gasteiger partial charge >= 0.3 is 0 Å². The van der Waals surface area contributed by atoms with Crippen LogP contribution in [0.25, 0.3) is 0 Å². The summed E-state index contributed by atoms with van der Waals surface area (Å²) in [5.74, 6) is 0.926. The van der Waals surface area contributed by atoms with Gasteiger partial charge in [0.25, 0.3) is 0 Å². The molecule has 1 aromatic carbocycles. The monoisotopic (exact) mass is 263 g/mol. The summed E-state index contributed by atoms with van der Waals surface area (Å²) in [6, 6.07) is 8.89. The van der Waals surface area contributed by atoms with Crippen LogP contribution >= 0.6 is 0 Å². The van der Waals surface area contributed by atoms with Crippen LogP contribution in [-0.2, 0) is 6.54 Å². The van der Waals surface area contributed by atoms with Gasteiger partial charge in [-0.25, -0.2) is 0 Å². The summed E-state index contributed by atoms with van der Waals surface area (Å²) in [5, 5.41) is 6.96. The number of benzene rings is 1. The van der Waals surface area contributed by atoms with Gasteiger partial charge in [0.15, 0.2) is 0 Å². The van der Waals surface area contributed by atoms with Crippen molar-refractivity contribution in [3.05, 3.63) is 29.8 Å². The van der Waals surface area contributed by atoms with E-state index in [0.717, 1.165) is 38.5 Å². The fourth-order valence-corrected chi connectivity index (χ4v) is 2.47. The van der Waals surface area contributed by atoms with E-state index in [2.05, 4.69) is 34.7 Å². The second-order valence-corrected chi connectivity index (χ2v) is 5.16. The van der Waals surface area contributed by atoms with E-state index < -0.39 is 0 Å². The number of methoxy groups -OCH3 is 1. The largest absolute Gasteiger partial charge is 0.497 e. The summed E-state index contributed by atoms with van der Waals surface area (Å²) in [7, 11) is 3.92. The van der Waals surface area contributed by atoms with Gasteiger partial charge in [0.2, 0.25) is 0 Å². The normalized spacial score (nSPS) is 20.4. The summed E-state index contributed by atoms with van der Waals surface area (Å²) >= 11 is 0. The van der Waals surface area contributed by atoms with Crippen molar-refractivity contribution in [2.45, 2.75) is 19.0 Å². The SMILES string of the molecule is COc1cccc(CNCCC2CNCCN2C)c1. The molecule has 1 aliphatic rings. The first-order chi connectivity index (χ1) is 9.29. The zero-order valence-electron chi connectivity index (χ0n) is 12.0. The number of rotatable bonds is 6. The fourth-order valence-electron chi connectivity index (χ4n) is 2.47. The van der Waals surface area contributed by atoms with Gasteiger partial charge in [0, 0.05) is 32.2 Å². The molecule has 0 aliphatic carbocycles. The maximum Gasteiger partial charge on any atom is 0.119 e. The predicted octanol–water partition coefficient (Wildman–Crippen LogP) is 1.08. The van der Waals surface area contributed by atoms with E-state index in [-0.39, 0.29) is 0 Å². The third-order valence-electron chi connectivity index (χ3n) is 3.76. The van der Waals surface area contributed by atoms with Crippen molar-refractivity contribution < 1.29 is 4.74 Å². The standard InChI is InChI=1S/C15H25N3O/c1-18-9-8-17-12-14(18)6-7-16-11-13-4-3-5-15(10-13)19-2/h3-5,10,14,16-17H,6-9,11-12H2,1-2H3.